The molecule has 0 N–H and O–H groups in total. The van der Waals surface area contributed by atoms with E-state index in [4.69, 9.17) is 0 Å². The van der Waals surface area contributed by atoms with Crippen LogP contribution in [0.5, 0.6) is 0 Å². The second-order valence-electron chi connectivity index (χ2n) is 2.75. The molecule has 0 bridgehead atoms. The second kappa shape index (κ2) is 9.05. The van der Waals surface area contributed by atoms with Crippen molar-refractivity contribution in [3.63, 3.8) is 0 Å². The highest BCUT2D eigenvalue weighted by Crippen LogP contribution is 2.06. The molecule has 1 aliphatic rings. The van der Waals surface area contributed by atoms with Crippen LogP contribution >= 0.6 is 0 Å². The lowest BCUT2D eigenvalue weighted by Gasteiger charge is -2.14. The highest BCUT2D eigenvalue weighted by Gasteiger charge is 2.20. The molecule has 8 heteroatoms. The maximum atomic E-state index is 10.1. The first-order valence-corrected chi connectivity index (χ1v) is 4.45. The molecule has 0 saturated heterocycles. The van der Waals surface area contributed by atoms with E-state index in [2.05, 4.69) is 42.8 Å². The molecule has 1 heterocycles. The van der Waals surface area contributed by atoms with Crippen LogP contribution in [0.1, 0.15) is 6.92 Å². The molecule has 0 aromatic heterocycles. The van der Waals surface area contributed by atoms with Gasteiger partial charge in [0.15, 0.2) is 0 Å². The largest absolute Gasteiger partial charge is 0.673 e. The van der Waals surface area contributed by atoms with Gasteiger partial charge in [0.25, 0.3) is 0 Å². The third kappa shape index (κ3) is 18.6. The first kappa shape index (κ1) is 17.2. The fourth-order valence-corrected chi connectivity index (χ4v) is 0.794. The van der Waals surface area contributed by atoms with Gasteiger partial charge < -0.3 is 27.1 Å². The summed E-state index contributed by atoms with van der Waals surface area (Å²) in [4.78, 5) is 4.41. The van der Waals surface area contributed by atoms with Gasteiger partial charge in [-0.25, -0.2) is 4.39 Å². The van der Waals surface area contributed by atoms with E-state index >= 15 is 0 Å². The van der Waals surface area contributed by atoms with Crippen molar-refractivity contribution < 1.29 is 21.7 Å². The molecule has 0 radical (unpaired) electrons. The van der Waals surface area contributed by atoms with Crippen molar-refractivity contribution in [2.45, 2.75) is 6.92 Å². The van der Waals surface area contributed by atoms with Crippen LogP contribution in [0, 0.1) is 0 Å². The van der Waals surface area contributed by atoms with E-state index in [1.807, 2.05) is 0 Å². The summed E-state index contributed by atoms with van der Waals surface area (Å²) in [6, 6.07) is 0. The van der Waals surface area contributed by atoms with Gasteiger partial charge in [0.05, 0.1) is 13.0 Å². The summed E-state index contributed by atoms with van der Waals surface area (Å²) in [6.07, 6.45) is 4.45. The molecule has 1 aliphatic heterocycles. The summed E-state index contributed by atoms with van der Waals surface area (Å²) in [6.45, 7) is 7.01. The highest BCUT2D eigenvalue weighted by molar-refractivity contribution is 6.50. The third-order valence-electron chi connectivity index (χ3n) is 1.34. The number of nitrogens with zero attached hydrogens (tertiary/aromatic N) is 2. The average Bonchev–Trinajstić information content (AvgIpc) is 2.49. The molecular formula is C8H15BF5N2-. The first-order valence-electron chi connectivity index (χ1n) is 4.45. The molecule has 0 aromatic carbocycles. The predicted molar refractivity (Wildman–Crippen MR) is 55.6 cm³/mol. The molecule has 0 fully saturated rings. The van der Waals surface area contributed by atoms with Gasteiger partial charge in [-0.3, -0.25) is 0 Å². The predicted octanol–water partition coefficient (Wildman–Crippen LogP) is 3.08. The Kier molecular flexibility index (Phi) is 9.73. The Hall–Kier alpha value is -1.21. The SMILES string of the molecule is C=CF.CCN1C=CN(C)C1.F[B-](F)(F)F. The summed E-state index contributed by atoms with van der Waals surface area (Å²) in [5.74, 6) is 0. The summed E-state index contributed by atoms with van der Waals surface area (Å²) < 4.78 is 49.1. The summed E-state index contributed by atoms with van der Waals surface area (Å²) in [5, 5.41) is 0. The summed E-state index contributed by atoms with van der Waals surface area (Å²) in [5.41, 5.74) is 0. The average molecular weight is 245 g/mol. The van der Waals surface area contributed by atoms with Crippen molar-refractivity contribution in [3.05, 3.63) is 25.3 Å². The molecule has 0 amide bonds. The first-order chi connectivity index (χ1) is 7.24. The zero-order valence-corrected chi connectivity index (χ0v) is 9.21. The van der Waals surface area contributed by atoms with Crippen LogP contribution in [0.3, 0.4) is 0 Å². The van der Waals surface area contributed by atoms with E-state index in [-0.39, 0.29) is 6.33 Å². The fraction of sp³-hybridized carbons (Fsp3) is 0.500. The lowest BCUT2D eigenvalue weighted by molar-refractivity contribution is 0.308. The van der Waals surface area contributed by atoms with Gasteiger partial charge in [-0.05, 0) is 6.92 Å². The number of halogens is 5. The molecule has 0 aliphatic carbocycles. The number of rotatable bonds is 1. The van der Waals surface area contributed by atoms with Crippen molar-refractivity contribution in [2.75, 3.05) is 20.3 Å². The van der Waals surface area contributed by atoms with Gasteiger partial charge >= 0.3 is 7.25 Å². The molecule has 0 spiro atoms. The minimum Gasteiger partial charge on any atom is -0.418 e. The van der Waals surface area contributed by atoms with Gasteiger partial charge in [-0.1, -0.05) is 6.58 Å². The molecule has 0 aromatic rings. The van der Waals surface area contributed by atoms with E-state index in [0.717, 1.165) is 13.2 Å². The molecule has 0 unspecified atom stereocenters. The second-order valence-corrected chi connectivity index (χ2v) is 2.75. The normalized spacial score (nSPS) is 13.7. The quantitative estimate of drug-likeness (QED) is 0.517. The molecule has 0 saturated carbocycles. The molecule has 1 rings (SSSR count). The van der Waals surface area contributed by atoms with Gasteiger partial charge in [-0.2, -0.15) is 0 Å². The van der Waals surface area contributed by atoms with Crippen LogP contribution in [-0.4, -0.2) is 37.3 Å². The summed E-state index contributed by atoms with van der Waals surface area (Å²) in [7, 11) is -3.92. The lowest BCUT2D eigenvalue weighted by atomic mass is 10.3. The smallest absolute Gasteiger partial charge is 0.418 e. The Balaban J connectivity index is 0. The number of hydrogen-bond acceptors (Lipinski definition) is 2. The number of hydrogen-bond donors (Lipinski definition) is 0. The minimum atomic E-state index is -6.00. The van der Waals surface area contributed by atoms with E-state index < -0.39 is 7.25 Å². The van der Waals surface area contributed by atoms with Crippen molar-refractivity contribution in [3.8, 4) is 0 Å². The van der Waals surface area contributed by atoms with E-state index in [1.165, 1.54) is 0 Å². The van der Waals surface area contributed by atoms with Crippen LogP contribution in [0.15, 0.2) is 25.3 Å². The van der Waals surface area contributed by atoms with Crippen LogP contribution in [0.25, 0.3) is 0 Å². The Bertz CT molecular complexity index is 201. The molecule has 0 atom stereocenters. The zero-order valence-electron chi connectivity index (χ0n) is 9.21. The van der Waals surface area contributed by atoms with Gasteiger partial charge in [0, 0.05) is 26.0 Å². The lowest BCUT2D eigenvalue weighted by Crippen LogP contribution is -2.21. The van der Waals surface area contributed by atoms with Crippen LogP contribution in [0.4, 0.5) is 21.7 Å². The molecule has 96 valence electrons. The Morgan fingerprint density at radius 3 is 1.81 bits per heavy atom. The zero-order chi connectivity index (χ0) is 13.2. The van der Waals surface area contributed by atoms with Crippen LogP contribution < -0.4 is 0 Å². The Labute approximate surface area is 92.1 Å². The van der Waals surface area contributed by atoms with E-state index in [1.54, 1.807) is 0 Å². The van der Waals surface area contributed by atoms with Gasteiger partial charge in [-0.15, -0.1) is 0 Å². The Morgan fingerprint density at radius 1 is 1.31 bits per heavy atom. The topological polar surface area (TPSA) is 6.48 Å². The van der Waals surface area contributed by atoms with Crippen molar-refractivity contribution in [1.29, 1.82) is 0 Å². The molecule has 2 nitrogen and oxygen atoms in total. The van der Waals surface area contributed by atoms with E-state index in [9.17, 15) is 21.7 Å². The van der Waals surface area contributed by atoms with Crippen LogP contribution in [0.2, 0.25) is 0 Å². The maximum Gasteiger partial charge on any atom is 0.673 e. The Morgan fingerprint density at radius 2 is 1.69 bits per heavy atom. The van der Waals surface area contributed by atoms with Gasteiger partial charge in [0.1, 0.15) is 0 Å². The van der Waals surface area contributed by atoms with Crippen molar-refractivity contribution >= 4 is 7.25 Å². The van der Waals surface area contributed by atoms with Crippen molar-refractivity contribution in [1.82, 2.24) is 9.80 Å². The molecule has 16 heavy (non-hydrogen) atoms. The summed E-state index contributed by atoms with van der Waals surface area (Å²) >= 11 is 0. The van der Waals surface area contributed by atoms with Crippen molar-refractivity contribution in [2.24, 2.45) is 0 Å². The maximum absolute atomic E-state index is 10.1. The third-order valence-corrected chi connectivity index (χ3v) is 1.34. The monoisotopic (exact) mass is 245 g/mol. The highest BCUT2D eigenvalue weighted by atomic mass is 19.5. The standard InChI is InChI=1S/C6H12N2.C2H3F.BF4/c1-3-8-5-4-7(2)6-8;1-2-3;2-1(3,4)5/h4-5H,3,6H2,1-2H3;2H,1H2;/q;;-1. The van der Waals surface area contributed by atoms with Gasteiger partial charge in [0.2, 0.25) is 0 Å². The van der Waals surface area contributed by atoms with E-state index in [0.29, 0.717) is 0 Å². The minimum absolute atomic E-state index is 0.250. The molecular weight excluding hydrogens is 230 g/mol. The fourth-order valence-electron chi connectivity index (χ4n) is 0.794. The van der Waals surface area contributed by atoms with Crippen LogP contribution in [-0.2, 0) is 0 Å².